The van der Waals surface area contributed by atoms with Gasteiger partial charge < -0.3 is 20.7 Å². The Morgan fingerprint density at radius 2 is 1.73 bits per heavy atom. The van der Waals surface area contributed by atoms with Crippen LogP contribution in [-0.2, 0) is 9.59 Å². The van der Waals surface area contributed by atoms with Crippen LogP contribution in [0.4, 0.5) is 15.2 Å². The van der Waals surface area contributed by atoms with Gasteiger partial charge in [-0.2, -0.15) is 0 Å². The van der Waals surface area contributed by atoms with Gasteiger partial charge in [-0.05, 0) is 74.5 Å². The van der Waals surface area contributed by atoms with E-state index >= 15 is 0 Å². The molecule has 1 heterocycles. The van der Waals surface area contributed by atoms with Gasteiger partial charge >= 0.3 is 0 Å². The standard InChI is InChI=1S/C34H29FN4O4S2/c1-3-43-25-16-17-28-30(20-25)45-34(38-28)39-31(40)21(2)44-26-14-9-13-24(19-26)36-33(42)29(18-23-12-7-8-15-27(23)35)37-32(41)22-10-5-4-6-11-22/h4-21H,3H2,1-2H3,(H,36,42)(H,37,41)(H,38,39,40)/b29-18-. The Balaban J connectivity index is 1.27. The first-order chi connectivity index (χ1) is 21.8. The monoisotopic (exact) mass is 640 g/mol. The smallest absolute Gasteiger partial charge is 0.272 e. The van der Waals surface area contributed by atoms with Crippen molar-refractivity contribution in [2.45, 2.75) is 24.0 Å². The average Bonchev–Trinajstić information content (AvgIpc) is 3.44. The molecule has 0 aliphatic heterocycles. The Labute approximate surface area is 267 Å². The third kappa shape index (κ3) is 8.34. The zero-order valence-corrected chi connectivity index (χ0v) is 26.0. The number of thioether (sulfide) groups is 1. The maximum Gasteiger partial charge on any atom is 0.272 e. The Kier molecular flexibility index (Phi) is 10.2. The Hall–Kier alpha value is -5.00. The molecule has 11 heteroatoms. The summed E-state index contributed by atoms with van der Waals surface area (Å²) in [6.45, 7) is 4.25. The number of amides is 3. The minimum atomic E-state index is -0.640. The van der Waals surface area contributed by atoms with Crippen LogP contribution in [0.25, 0.3) is 16.3 Å². The van der Waals surface area contributed by atoms with E-state index in [1.807, 2.05) is 31.2 Å². The zero-order valence-electron chi connectivity index (χ0n) is 24.4. The molecule has 0 aliphatic rings. The van der Waals surface area contributed by atoms with Crippen LogP contribution in [0.15, 0.2) is 108 Å². The molecule has 0 bridgehead atoms. The molecule has 228 valence electrons. The van der Waals surface area contributed by atoms with Gasteiger partial charge in [0.05, 0.1) is 22.1 Å². The van der Waals surface area contributed by atoms with E-state index < -0.39 is 22.9 Å². The highest BCUT2D eigenvalue weighted by molar-refractivity contribution is 8.00. The molecule has 0 fully saturated rings. The van der Waals surface area contributed by atoms with E-state index in [1.165, 1.54) is 47.4 Å². The summed E-state index contributed by atoms with van der Waals surface area (Å²) in [6, 6.07) is 26.9. The molecule has 0 radical (unpaired) electrons. The van der Waals surface area contributed by atoms with E-state index in [-0.39, 0.29) is 17.2 Å². The lowest BCUT2D eigenvalue weighted by Crippen LogP contribution is -2.30. The number of nitrogens with zero attached hydrogens (tertiary/aromatic N) is 1. The predicted octanol–water partition coefficient (Wildman–Crippen LogP) is 7.36. The van der Waals surface area contributed by atoms with E-state index in [1.54, 1.807) is 61.5 Å². The second-order valence-corrected chi connectivity index (χ2v) is 12.2. The fourth-order valence-corrected chi connectivity index (χ4v) is 6.04. The lowest BCUT2D eigenvalue weighted by atomic mass is 10.1. The van der Waals surface area contributed by atoms with Crippen LogP contribution in [0.5, 0.6) is 5.75 Å². The van der Waals surface area contributed by atoms with Crippen molar-refractivity contribution in [1.29, 1.82) is 0 Å². The first-order valence-corrected chi connectivity index (χ1v) is 15.7. The first kappa shape index (κ1) is 31.4. The number of hydrogen-bond acceptors (Lipinski definition) is 7. The van der Waals surface area contributed by atoms with Crippen molar-refractivity contribution in [2.75, 3.05) is 17.2 Å². The number of rotatable bonds is 11. The summed E-state index contributed by atoms with van der Waals surface area (Å²) < 4.78 is 20.9. The third-order valence-corrected chi connectivity index (χ3v) is 8.44. The van der Waals surface area contributed by atoms with Crippen LogP contribution in [0, 0.1) is 5.82 Å². The molecule has 45 heavy (non-hydrogen) atoms. The van der Waals surface area contributed by atoms with Gasteiger partial charge in [-0.15, -0.1) is 11.8 Å². The predicted molar refractivity (Wildman–Crippen MR) is 178 cm³/mol. The van der Waals surface area contributed by atoms with E-state index in [0.29, 0.717) is 23.0 Å². The summed E-state index contributed by atoms with van der Waals surface area (Å²) in [7, 11) is 0. The van der Waals surface area contributed by atoms with Gasteiger partial charge in [-0.25, -0.2) is 9.37 Å². The van der Waals surface area contributed by atoms with Crippen LogP contribution in [0.3, 0.4) is 0 Å². The molecule has 1 atom stereocenters. The normalized spacial score (nSPS) is 11.9. The number of carbonyl (C=O) groups is 3. The van der Waals surface area contributed by atoms with E-state index in [0.717, 1.165) is 20.9 Å². The molecule has 0 saturated carbocycles. The molecule has 5 rings (SSSR count). The highest BCUT2D eigenvalue weighted by Crippen LogP contribution is 2.31. The first-order valence-electron chi connectivity index (χ1n) is 14.0. The number of ether oxygens (including phenoxy) is 1. The van der Waals surface area contributed by atoms with E-state index in [2.05, 4.69) is 20.9 Å². The number of nitrogens with one attached hydrogen (secondary N) is 3. The maximum absolute atomic E-state index is 14.4. The van der Waals surface area contributed by atoms with Gasteiger partial charge in [0, 0.05) is 21.7 Å². The SMILES string of the molecule is CCOc1ccc2nc(NC(=O)C(C)Sc3cccc(NC(=O)/C(=C/c4ccccc4F)NC(=O)c4ccccc4)c3)sc2c1. The fourth-order valence-electron chi connectivity index (χ4n) is 4.22. The molecule has 5 aromatic rings. The summed E-state index contributed by atoms with van der Waals surface area (Å²) in [5.74, 6) is -1.17. The van der Waals surface area contributed by atoms with Gasteiger partial charge in [0.1, 0.15) is 17.3 Å². The average molecular weight is 641 g/mol. The summed E-state index contributed by atoms with van der Waals surface area (Å²) in [6.07, 6.45) is 1.29. The number of fused-ring (bicyclic) bond motifs is 1. The maximum atomic E-state index is 14.4. The van der Waals surface area contributed by atoms with Gasteiger partial charge in [0.15, 0.2) is 5.13 Å². The van der Waals surface area contributed by atoms with Gasteiger partial charge in [0.25, 0.3) is 11.8 Å². The molecule has 0 spiro atoms. The van der Waals surface area contributed by atoms with E-state index in [9.17, 15) is 18.8 Å². The highest BCUT2D eigenvalue weighted by Gasteiger charge is 2.19. The number of halogens is 1. The number of thiazole rings is 1. The lowest BCUT2D eigenvalue weighted by molar-refractivity contribution is -0.115. The van der Waals surface area contributed by atoms with Gasteiger partial charge in [0.2, 0.25) is 5.91 Å². The Bertz CT molecular complexity index is 1880. The summed E-state index contributed by atoms with van der Waals surface area (Å²) in [4.78, 5) is 44.5. The number of hydrogen-bond donors (Lipinski definition) is 3. The molecule has 1 unspecified atom stereocenters. The molecule has 8 nitrogen and oxygen atoms in total. The molecule has 3 amide bonds. The Morgan fingerprint density at radius 1 is 0.956 bits per heavy atom. The molecular weight excluding hydrogens is 612 g/mol. The number of benzene rings is 4. The van der Waals surface area contributed by atoms with Crippen molar-refractivity contribution in [1.82, 2.24) is 10.3 Å². The largest absolute Gasteiger partial charge is 0.494 e. The minimum absolute atomic E-state index is 0.135. The molecule has 4 aromatic carbocycles. The van der Waals surface area contributed by atoms with Crippen molar-refractivity contribution in [3.05, 3.63) is 120 Å². The Morgan fingerprint density at radius 3 is 2.51 bits per heavy atom. The summed E-state index contributed by atoms with van der Waals surface area (Å²) >= 11 is 2.68. The number of carbonyl (C=O) groups excluding carboxylic acids is 3. The second kappa shape index (κ2) is 14.7. The second-order valence-electron chi connectivity index (χ2n) is 9.71. The molecule has 0 aliphatic carbocycles. The topological polar surface area (TPSA) is 109 Å². The number of anilines is 2. The van der Waals surface area contributed by atoms with Crippen molar-refractivity contribution in [3.63, 3.8) is 0 Å². The van der Waals surface area contributed by atoms with Crippen LogP contribution in [0.2, 0.25) is 0 Å². The minimum Gasteiger partial charge on any atom is -0.494 e. The fraction of sp³-hybridized carbons (Fsp3) is 0.118. The molecule has 1 aromatic heterocycles. The van der Waals surface area contributed by atoms with Gasteiger partial charge in [-0.1, -0.05) is 53.8 Å². The third-order valence-electron chi connectivity index (χ3n) is 6.41. The van der Waals surface area contributed by atoms with E-state index in [4.69, 9.17) is 4.74 Å². The van der Waals surface area contributed by atoms with Crippen LogP contribution in [-0.4, -0.2) is 34.6 Å². The molecule has 3 N–H and O–H groups in total. The number of aromatic nitrogens is 1. The summed E-state index contributed by atoms with van der Waals surface area (Å²) in [5.41, 5.74) is 1.55. The molecule has 0 saturated heterocycles. The van der Waals surface area contributed by atoms with Crippen LogP contribution in [0.1, 0.15) is 29.8 Å². The molecular formula is C34H29FN4O4S2. The van der Waals surface area contributed by atoms with Crippen LogP contribution < -0.4 is 20.7 Å². The van der Waals surface area contributed by atoms with Crippen LogP contribution >= 0.6 is 23.1 Å². The van der Waals surface area contributed by atoms with Gasteiger partial charge in [-0.3, -0.25) is 14.4 Å². The van der Waals surface area contributed by atoms with Crippen molar-refractivity contribution < 1.29 is 23.5 Å². The zero-order chi connectivity index (χ0) is 31.8. The summed E-state index contributed by atoms with van der Waals surface area (Å²) in [5, 5.41) is 8.27. The van der Waals surface area contributed by atoms with Crippen molar-refractivity contribution in [3.8, 4) is 5.75 Å². The quantitative estimate of drug-likeness (QED) is 0.103. The van der Waals surface area contributed by atoms with Crippen molar-refractivity contribution >= 4 is 67.9 Å². The van der Waals surface area contributed by atoms with Crippen molar-refractivity contribution in [2.24, 2.45) is 0 Å². The lowest BCUT2D eigenvalue weighted by Gasteiger charge is -2.14. The highest BCUT2D eigenvalue weighted by atomic mass is 32.2.